The summed E-state index contributed by atoms with van der Waals surface area (Å²) in [4.78, 5) is 36.7. The van der Waals surface area contributed by atoms with Crippen molar-refractivity contribution < 1.29 is 33.3 Å². The zero-order valence-corrected chi connectivity index (χ0v) is 22.2. The Bertz CT molecular complexity index is 896. The van der Waals surface area contributed by atoms with E-state index < -0.39 is 11.6 Å². The third-order valence-electron chi connectivity index (χ3n) is 10.2. The van der Waals surface area contributed by atoms with E-state index in [-0.39, 0.29) is 48.0 Å². The smallest absolute Gasteiger partial charge is 0.303 e. The van der Waals surface area contributed by atoms with Crippen molar-refractivity contribution in [3.05, 3.63) is 11.6 Å². The molecule has 0 aromatic rings. The third kappa shape index (κ3) is 4.16. The minimum atomic E-state index is -1.04. The number of hydrogen-bond donors (Lipinski definition) is 0. The van der Waals surface area contributed by atoms with E-state index >= 15 is 0 Å². The number of allylic oxidation sites excluding steroid dienone is 1. The summed E-state index contributed by atoms with van der Waals surface area (Å²) in [7, 11) is 1.57. The number of rotatable bonds is 7. The van der Waals surface area contributed by atoms with Gasteiger partial charge >= 0.3 is 11.9 Å². The summed E-state index contributed by atoms with van der Waals surface area (Å²) < 4.78 is 22.4. The van der Waals surface area contributed by atoms with Crippen LogP contribution in [0.1, 0.15) is 79.6 Å². The monoisotopic (exact) mass is 490 g/mol. The van der Waals surface area contributed by atoms with E-state index in [0.717, 1.165) is 44.9 Å². The summed E-state index contributed by atoms with van der Waals surface area (Å²) in [5, 5.41) is 0. The summed E-state index contributed by atoms with van der Waals surface area (Å²) in [6.45, 7) is 9.32. The molecule has 0 N–H and O–H groups in total. The fourth-order valence-corrected chi connectivity index (χ4v) is 8.70. The van der Waals surface area contributed by atoms with E-state index in [2.05, 4.69) is 26.8 Å². The predicted molar refractivity (Wildman–Crippen MR) is 129 cm³/mol. The first-order chi connectivity index (χ1) is 16.5. The van der Waals surface area contributed by atoms with Gasteiger partial charge < -0.3 is 18.9 Å². The molecule has 0 aliphatic heterocycles. The maximum Gasteiger partial charge on any atom is 0.303 e. The molecule has 0 unspecified atom stereocenters. The van der Waals surface area contributed by atoms with Crippen LogP contribution in [0.2, 0.25) is 0 Å². The molecule has 4 aliphatic rings. The topological polar surface area (TPSA) is 88.1 Å². The fraction of sp³-hybridized carbons (Fsp3) is 0.821. The number of carbonyl (C=O) groups excluding carboxylic acids is 3. The maximum absolute atomic E-state index is 13.7. The van der Waals surface area contributed by atoms with Crippen LogP contribution in [-0.2, 0) is 33.3 Å². The van der Waals surface area contributed by atoms with Gasteiger partial charge in [0.05, 0.1) is 0 Å². The van der Waals surface area contributed by atoms with Crippen LogP contribution in [0, 0.1) is 34.5 Å². The summed E-state index contributed by atoms with van der Waals surface area (Å²) in [6.07, 6.45) is 8.94. The van der Waals surface area contributed by atoms with Crippen LogP contribution in [-0.4, -0.2) is 49.9 Å². The molecule has 0 amide bonds. The van der Waals surface area contributed by atoms with Gasteiger partial charge in [0, 0.05) is 32.8 Å². The summed E-state index contributed by atoms with van der Waals surface area (Å²) >= 11 is 0. The highest BCUT2D eigenvalue weighted by atomic mass is 16.7. The number of hydrogen-bond acceptors (Lipinski definition) is 7. The van der Waals surface area contributed by atoms with Crippen molar-refractivity contribution >= 4 is 17.7 Å². The molecule has 196 valence electrons. The highest BCUT2D eigenvalue weighted by molar-refractivity contribution is 5.91. The van der Waals surface area contributed by atoms with Gasteiger partial charge in [-0.1, -0.05) is 32.4 Å². The largest absolute Gasteiger partial charge is 0.462 e. The molecule has 3 fully saturated rings. The van der Waals surface area contributed by atoms with Gasteiger partial charge in [0.15, 0.2) is 6.61 Å². The van der Waals surface area contributed by atoms with Crippen LogP contribution >= 0.6 is 0 Å². The number of fused-ring (bicyclic) bond motifs is 5. The molecule has 0 bridgehead atoms. The lowest BCUT2D eigenvalue weighted by atomic mass is 9.46. The number of ketones is 1. The van der Waals surface area contributed by atoms with Gasteiger partial charge in [-0.25, -0.2) is 0 Å². The van der Waals surface area contributed by atoms with E-state index in [1.807, 2.05) is 0 Å². The molecule has 0 heterocycles. The zero-order valence-electron chi connectivity index (χ0n) is 22.2. The van der Waals surface area contributed by atoms with Crippen molar-refractivity contribution in [2.75, 3.05) is 20.5 Å². The molecular formula is C28H42O7. The Hall–Kier alpha value is -1.73. The standard InChI is InChI=1S/C28H42O7/c1-17-13-24-22-8-7-20-14-21(35-19(3)30)9-11-26(20,4)23(22)10-12-27(24,5)28(17,34-16-32-6)25(31)15-33-18(2)29/h7,17,21-24H,8-16H2,1-6H3/t17-,21-,22+,23-,24-,26-,27-,28-/m0/s1. The number of Topliss-reactive ketones (excluding diaryl/α,β-unsaturated/α-hetero) is 1. The second-order valence-corrected chi connectivity index (χ2v) is 11.8. The quantitative estimate of drug-likeness (QED) is 0.292. The lowest BCUT2D eigenvalue weighted by molar-refractivity contribution is -0.212. The summed E-state index contributed by atoms with van der Waals surface area (Å²) in [6, 6.07) is 0. The van der Waals surface area contributed by atoms with Crippen molar-refractivity contribution in [3.8, 4) is 0 Å². The molecule has 0 aromatic heterocycles. The molecule has 7 heteroatoms. The van der Waals surface area contributed by atoms with Gasteiger partial charge in [-0.2, -0.15) is 0 Å². The minimum absolute atomic E-state index is 0.00709. The Morgan fingerprint density at radius 1 is 1.06 bits per heavy atom. The zero-order chi connectivity index (χ0) is 25.6. The molecule has 4 rings (SSSR count). The van der Waals surface area contributed by atoms with Gasteiger partial charge in [-0.05, 0) is 67.6 Å². The molecule has 0 spiro atoms. The second-order valence-electron chi connectivity index (χ2n) is 11.8. The van der Waals surface area contributed by atoms with Crippen molar-refractivity contribution in [2.45, 2.75) is 91.3 Å². The minimum Gasteiger partial charge on any atom is -0.462 e. The number of carbonyl (C=O) groups is 3. The number of esters is 2. The molecule has 8 atom stereocenters. The van der Waals surface area contributed by atoms with Crippen LogP contribution in [0.25, 0.3) is 0 Å². The molecule has 0 aromatic carbocycles. The van der Waals surface area contributed by atoms with Crippen molar-refractivity contribution in [1.29, 1.82) is 0 Å². The van der Waals surface area contributed by atoms with Gasteiger partial charge in [-0.3, -0.25) is 14.4 Å². The number of methoxy groups -OCH3 is 1. The SMILES string of the molecule is COCO[C@]1(C(=O)COC(C)=O)[C@@H](C)C[C@H]2[C@@H]3CC=C4C[C@@H](OC(C)=O)CC[C@]4(C)[C@H]3CC[C@@]21C. The van der Waals surface area contributed by atoms with Gasteiger partial charge in [-0.15, -0.1) is 0 Å². The van der Waals surface area contributed by atoms with Crippen molar-refractivity contribution in [1.82, 2.24) is 0 Å². The Balaban J connectivity index is 1.64. The first-order valence-corrected chi connectivity index (χ1v) is 13.2. The molecule has 0 radical (unpaired) electrons. The summed E-state index contributed by atoms with van der Waals surface area (Å²) in [5.74, 6) is 0.506. The van der Waals surface area contributed by atoms with Crippen LogP contribution in [0.3, 0.4) is 0 Å². The molecule has 35 heavy (non-hydrogen) atoms. The highest BCUT2D eigenvalue weighted by Crippen LogP contribution is 2.69. The van der Waals surface area contributed by atoms with Crippen LogP contribution in [0.4, 0.5) is 0 Å². The Kier molecular flexibility index (Phi) is 7.24. The van der Waals surface area contributed by atoms with E-state index in [9.17, 15) is 14.4 Å². The molecule has 0 saturated heterocycles. The Morgan fingerprint density at radius 2 is 1.80 bits per heavy atom. The van der Waals surface area contributed by atoms with Crippen LogP contribution < -0.4 is 0 Å². The van der Waals surface area contributed by atoms with Crippen LogP contribution in [0.5, 0.6) is 0 Å². The average Bonchev–Trinajstić information content (AvgIpc) is 3.03. The van der Waals surface area contributed by atoms with Crippen molar-refractivity contribution in [3.63, 3.8) is 0 Å². The molecule has 3 saturated carbocycles. The normalized spacial score (nSPS) is 42.2. The Labute approximate surface area is 209 Å². The van der Waals surface area contributed by atoms with Gasteiger partial charge in [0.1, 0.15) is 18.5 Å². The third-order valence-corrected chi connectivity index (χ3v) is 10.2. The average molecular weight is 491 g/mol. The van der Waals surface area contributed by atoms with Crippen LogP contribution in [0.15, 0.2) is 11.6 Å². The van der Waals surface area contributed by atoms with Crippen molar-refractivity contribution in [2.24, 2.45) is 34.5 Å². The van der Waals surface area contributed by atoms with E-state index in [4.69, 9.17) is 18.9 Å². The first-order valence-electron chi connectivity index (χ1n) is 13.2. The van der Waals surface area contributed by atoms with E-state index in [1.165, 1.54) is 19.4 Å². The van der Waals surface area contributed by atoms with Gasteiger partial charge in [0.25, 0.3) is 0 Å². The molecular weight excluding hydrogens is 448 g/mol. The fourth-order valence-electron chi connectivity index (χ4n) is 8.70. The highest BCUT2D eigenvalue weighted by Gasteiger charge is 2.70. The van der Waals surface area contributed by atoms with E-state index in [0.29, 0.717) is 17.8 Å². The first kappa shape index (κ1) is 26.3. The van der Waals surface area contributed by atoms with Gasteiger partial charge in [0.2, 0.25) is 5.78 Å². The Morgan fingerprint density at radius 3 is 2.46 bits per heavy atom. The second kappa shape index (κ2) is 9.62. The summed E-state index contributed by atoms with van der Waals surface area (Å²) in [5.41, 5.74) is 0.148. The predicted octanol–water partition coefficient (Wildman–Crippen LogP) is 4.62. The molecule has 7 nitrogen and oxygen atoms in total. The number of ether oxygens (including phenoxy) is 4. The lowest BCUT2D eigenvalue weighted by Gasteiger charge is -2.59. The maximum atomic E-state index is 13.7. The van der Waals surface area contributed by atoms with E-state index in [1.54, 1.807) is 7.11 Å². The lowest BCUT2D eigenvalue weighted by Crippen LogP contribution is -2.61. The molecule has 4 aliphatic carbocycles.